The lowest BCUT2D eigenvalue weighted by Crippen LogP contribution is -2.37. The molecule has 2 rings (SSSR count). The van der Waals surface area contributed by atoms with Gasteiger partial charge >= 0.3 is 6.09 Å². The first-order chi connectivity index (χ1) is 13.1. The summed E-state index contributed by atoms with van der Waals surface area (Å²) in [5, 5.41) is 11.7. The van der Waals surface area contributed by atoms with Crippen molar-refractivity contribution >= 4 is 17.9 Å². The zero-order valence-corrected chi connectivity index (χ0v) is 18.6. The number of nitrogens with zero attached hydrogens (tertiary/aromatic N) is 2. The van der Waals surface area contributed by atoms with Crippen molar-refractivity contribution < 1.29 is 13.9 Å². The van der Waals surface area contributed by atoms with Crippen LogP contribution in [0, 0.1) is 19.8 Å². The Morgan fingerprint density at radius 3 is 2.64 bits per heavy atom. The van der Waals surface area contributed by atoms with Crippen LogP contribution in [-0.4, -0.2) is 21.9 Å². The molecule has 2 aromatic rings. The first kappa shape index (κ1) is 22.3. The summed E-state index contributed by atoms with van der Waals surface area (Å²) in [4.78, 5) is 12.2. The lowest BCUT2D eigenvalue weighted by Gasteiger charge is -2.24. The number of amides is 1. The maximum Gasteiger partial charge on any atom is 0.408 e. The van der Waals surface area contributed by atoms with Gasteiger partial charge in [0.15, 0.2) is 0 Å². The average molecular weight is 406 g/mol. The van der Waals surface area contributed by atoms with Gasteiger partial charge in [0, 0.05) is 5.75 Å². The third-order valence-corrected chi connectivity index (χ3v) is 5.30. The van der Waals surface area contributed by atoms with Gasteiger partial charge in [-0.2, -0.15) is 0 Å². The van der Waals surface area contributed by atoms with Crippen LogP contribution in [0.1, 0.15) is 69.7 Å². The monoisotopic (exact) mass is 405 g/mol. The van der Waals surface area contributed by atoms with Crippen LogP contribution in [0.4, 0.5) is 4.79 Å². The van der Waals surface area contributed by atoms with Crippen molar-refractivity contribution in [2.24, 2.45) is 5.92 Å². The Morgan fingerprint density at radius 1 is 1.29 bits per heavy atom. The number of ether oxygens (including phenoxy) is 1. The van der Waals surface area contributed by atoms with E-state index in [1.165, 1.54) is 28.5 Å². The fraction of sp³-hybridized carbons (Fsp3) is 0.571. The summed E-state index contributed by atoms with van der Waals surface area (Å²) in [6, 6.07) is 6.01. The van der Waals surface area contributed by atoms with E-state index in [0.717, 1.165) is 12.2 Å². The van der Waals surface area contributed by atoms with Gasteiger partial charge in [0.25, 0.3) is 5.22 Å². The number of carbonyl (C=O) groups excluding carboxylic acids is 1. The second kappa shape index (κ2) is 9.45. The van der Waals surface area contributed by atoms with Crippen molar-refractivity contribution in [2.45, 2.75) is 77.5 Å². The minimum atomic E-state index is -0.564. The largest absolute Gasteiger partial charge is 0.444 e. The van der Waals surface area contributed by atoms with Crippen LogP contribution in [0.2, 0.25) is 0 Å². The summed E-state index contributed by atoms with van der Waals surface area (Å²) in [6.07, 6.45) is 0.369. The highest BCUT2D eigenvalue weighted by atomic mass is 32.2. The van der Waals surface area contributed by atoms with Gasteiger partial charge in [-0.25, -0.2) is 4.79 Å². The summed E-state index contributed by atoms with van der Waals surface area (Å²) in [5.74, 6) is 1.29. The summed E-state index contributed by atoms with van der Waals surface area (Å²) < 4.78 is 11.2. The van der Waals surface area contributed by atoms with Crippen LogP contribution in [0.5, 0.6) is 0 Å². The summed E-state index contributed by atoms with van der Waals surface area (Å²) >= 11 is 1.50. The average Bonchev–Trinajstić information content (AvgIpc) is 3.07. The van der Waals surface area contributed by atoms with Gasteiger partial charge in [0.2, 0.25) is 5.89 Å². The number of alkyl carbamates (subject to hydrolysis) is 1. The highest BCUT2D eigenvalue weighted by Crippen LogP contribution is 2.29. The van der Waals surface area contributed by atoms with Crippen molar-refractivity contribution in [2.75, 3.05) is 0 Å². The van der Waals surface area contributed by atoms with E-state index in [1.54, 1.807) is 0 Å². The number of aryl methyl sites for hydroxylation is 2. The summed E-state index contributed by atoms with van der Waals surface area (Å²) in [5.41, 5.74) is 3.15. The molecule has 1 aromatic carbocycles. The smallest absolute Gasteiger partial charge is 0.408 e. The van der Waals surface area contributed by atoms with E-state index in [4.69, 9.17) is 9.15 Å². The fourth-order valence-corrected chi connectivity index (χ4v) is 3.45. The number of thioether (sulfide) groups is 1. The lowest BCUT2D eigenvalue weighted by atomic mass is 9.99. The second-order valence-corrected chi connectivity index (χ2v) is 9.06. The number of benzene rings is 1. The zero-order chi connectivity index (χ0) is 20.9. The molecular formula is C21H31N3O3S. The minimum absolute atomic E-state index is 0.129. The van der Waals surface area contributed by atoms with Gasteiger partial charge in [-0.1, -0.05) is 55.8 Å². The van der Waals surface area contributed by atoms with E-state index in [0.29, 0.717) is 11.1 Å². The number of hydrogen-bond acceptors (Lipinski definition) is 6. The number of rotatable bonds is 7. The Bertz CT molecular complexity index is 798. The lowest BCUT2D eigenvalue weighted by molar-refractivity contribution is 0.0474. The predicted molar refractivity (Wildman–Crippen MR) is 111 cm³/mol. The molecule has 1 aromatic heterocycles. The highest BCUT2D eigenvalue weighted by Gasteiger charge is 2.28. The van der Waals surface area contributed by atoms with Crippen LogP contribution in [0.15, 0.2) is 27.8 Å². The van der Waals surface area contributed by atoms with Crippen LogP contribution in [-0.2, 0) is 10.5 Å². The number of carbonyl (C=O) groups is 1. The molecule has 0 saturated carbocycles. The van der Waals surface area contributed by atoms with Crippen LogP contribution in [0.3, 0.4) is 0 Å². The third kappa shape index (κ3) is 6.55. The molecule has 1 unspecified atom stereocenters. The first-order valence-electron chi connectivity index (χ1n) is 9.61. The Labute approximate surface area is 171 Å². The molecule has 2 atom stereocenters. The maximum absolute atomic E-state index is 12.2. The molecule has 7 heteroatoms. The Kier molecular flexibility index (Phi) is 7.52. The predicted octanol–water partition coefficient (Wildman–Crippen LogP) is 5.59. The third-order valence-electron chi connectivity index (χ3n) is 4.43. The molecule has 0 fully saturated rings. The van der Waals surface area contributed by atoms with Crippen molar-refractivity contribution in [3.63, 3.8) is 0 Å². The van der Waals surface area contributed by atoms with Crippen molar-refractivity contribution in [3.05, 3.63) is 40.8 Å². The van der Waals surface area contributed by atoms with Crippen molar-refractivity contribution in [1.29, 1.82) is 0 Å². The van der Waals surface area contributed by atoms with E-state index >= 15 is 0 Å². The highest BCUT2D eigenvalue weighted by molar-refractivity contribution is 7.98. The number of hydrogen-bond donors (Lipinski definition) is 1. The van der Waals surface area contributed by atoms with Gasteiger partial charge in [-0.3, -0.25) is 0 Å². The quantitative estimate of drug-likeness (QED) is 0.605. The fourth-order valence-electron chi connectivity index (χ4n) is 2.62. The standard InChI is InChI=1S/C21H31N3O3S/c1-8-14(3)17(22-19(25)27-21(5,6)7)18-23-24-20(26-18)28-12-16-11-13(2)9-10-15(16)4/h9-11,14,17H,8,12H2,1-7H3,(H,22,25)/t14?,17-/m0/s1. The normalized spacial score (nSPS) is 13.8. The maximum atomic E-state index is 12.2. The van der Waals surface area contributed by atoms with E-state index in [1.807, 2.05) is 27.7 Å². The molecule has 1 amide bonds. The number of nitrogens with one attached hydrogen (secondary N) is 1. The van der Waals surface area contributed by atoms with E-state index in [-0.39, 0.29) is 12.0 Å². The molecule has 6 nitrogen and oxygen atoms in total. The van der Waals surface area contributed by atoms with E-state index in [9.17, 15) is 4.79 Å². The van der Waals surface area contributed by atoms with Crippen molar-refractivity contribution in [3.8, 4) is 0 Å². The molecule has 28 heavy (non-hydrogen) atoms. The molecule has 1 N–H and O–H groups in total. The SMILES string of the molecule is CCC(C)[C@H](NC(=O)OC(C)(C)C)c1nnc(SCc2cc(C)ccc2C)o1. The molecular weight excluding hydrogens is 374 g/mol. The molecule has 0 saturated heterocycles. The van der Waals surface area contributed by atoms with E-state index in [2.05, 4.69) is 54.5 Å². The van der Waals surface area contributed by atoms with Gasteiger partial charge in [0.05, 0.1) is 0 Å². The molecule has 0 bridgehead atoms. The number of aromatic nitrogens is 2. The van der Waals surface area contributed by atoms with Crippen LogP contribution < -0.4 is 5.32 Å². The molecule has 0 aliphatic carbocycles. The minimum Gasteiger partial charge on any atom is -0.444 e. The zero-order valence-electron chi connectivity index (χ0n) is 17.8. The first-order valence-corrected chi connectivity index (χ1v) is 10.6. The van der Waals surface area contributed by atoms with Gasteiger partial charge in [-0.15, -0.1) is 10.2 Å². The Hall–Kier alpha value is -2.02. The van der Waals surface area contributed by atoms with Crippen LogP contribution in [0.25, 0.3) is 0 Å². The van der Waals surface area contributed by atoms with Crippen LogP contribution >= 0.6 is 11.8 Å². The molecule has 0 aliphatic rings. The van der Waals surface area contributed by atoms with Gasteiger partial charge < -0.3 is 14.5 Å². The molecule has 0 aliphatic heterocycles. The van der Waals surface area contributed by atoms with E-state index < -0.39 is 11.7 Å². The Balaban J connectivity index is 2.08. The van der Waals surface area contributed by atoms with Gasteiger partial charge in [-0.05, 0) is 51.7 Å². The van der Waals surface area contributed by atoms with Crippen molar-refractivity contribution in [1.82, 2.24) is 15.5 Å². The Morgan fingerprint density at radius 2 is 2.00 bits per heavy atom. The van der Waals surface area contributed by atoms with Gasteiger partial charge in [0.1, 0.15) is 11.6 Å². The second-order valence-electron chi connectivity index (χ2n) is 8.13. The molecule has 1 heterocycles. The molecule has 0 spiro atoms. The topological polar surface area (TPSA) is 77.2 Å². The molecule has 0 radical (unpaired) electrons. The summed E-state index contributed by atoms with van der Waals surface area (Å²) in [7, 11) is 0. The molecule has 154 valence electrons. The summed E-state index contributed by atoms with van der Waals surface area (Å²) in [6.45, 7) is 13.8.